The zero-order valence-corrected chi connectivity index (χ0v) is 22.5. The van der Waals surface area contributed by atoms with Gasteiger partial charge in [0.1, 0.15) is 17.6 Å². The molecule has 2 amide bonds. The normalized spacial score (nSPS) is 25.1. The van der Waals surface area contributed by atoms with Gasteiger partial charge in [-0.1, -0.05) is 6.92 Å². The number of carbonyl (C=O) groups is 2. The molecule has 0 radical (unpaired) electrons. The predicted molar refractivity (Wildman–Crippen MR) is 137 cm³/mol. The quantitative estimate of drug-likeness (QED) is 0.362. The van der Waals surface area contributed by atoms with E-state index in [1.807, 2.05) is 0 Å². The summed E-state index contributed by atoms with van der Waals surface area (Å²) in [5.41, 5.74) is -0.963. The number of carbonyl (C=O) groups excluding carboxylic acids is 2. The molecular formula is C26H30F5N5O3S. The molecule has 0 unspecified atom stereocenters. The maximum atomic E-state index is 14.3. The minimum atomic E-state index is -4.61. The van der Waals surface area contributed by atoms with Crippen LogP contribution in [0.5, 0.6) is 0 Å². The summed E-state index contributed by atoms with van der Waals surface area (Å²) in [5.74, 6) is -1.49. The van der Waals surface area contributed by atoms with Gasteiger partial charge in [-0.25, -0.2) is 18.7 Å². The summed E-state index contributed by atoms with van der Waals surface area (Å²) in [4.78, 5) is 36.8. The molecule has 3 aliphatic rings. The van der Waals surface area contributed by atoms with E-state index in [0.29, 0.717) is 12.8 Å². The highest BCUT2D eigenvalue weighted by Gasteiger charge is 2.44. The molecule has 3 N–H and O–H groups in total. The van der Waals surface area contributed by atoms with E-state index in [0.717, 1.165) is 55.7 Å². The lowest BCUT2D eigenvalue weighted by Gasteiger charge is -2.22. The van der Waals surface area contributed by atoms with E-state index in [-0.39, 0.29) is 45.5 Å². The van der Waals surface area contributed by atoms with Crippen LogP contribution in [0.2, 0.25) is 0 Å². The zero-order chi connectivity index (χ0) is 28.8. The summed E-state index contributed by atoms with van der Waals surface area (Å²) < 4.78 is 68.4. The summed E-state index contributed by atoms with van der Waals surface area (Å²) in [7, 11) is 0. The lowest BCUT2D eigenvalue weighted by atomic mass is 10.0. The zero-order valence-electron chi connectivity index (χ0n) is 21.7. The smallest absolute Gasteiger partial charge is 0.391 e. The molecule has 8 nitrogen and oxygen atoms in total. The molecule has 1 saturated carbocycles. The number of hydrogen-bond donors (Lipinski definition) is 3. The minimum absolute atomic E-state index is 0.00517. The lowest BCUT2D eigenvalue weighted by molar-refractivity contribution is -0.142. The Kier molecular flexibility index (Phi) is 8.01. The van der Waals surface area contributed by atoms with Gasteiger partial charge in [0, 0.05) is 29.4 Å². The number of rotatable bonds is 8. The van der Waals surface area contributed by atoms with E-state index >= 15 is 0 Å². The summed E-state index contributed by atoms with van der Waals surface area (Å²) in [6, 6.07) is -1.62. The van der Waals surface area contributed by atoms with Crippen LogP contribution in [0.15, 0.2) is 12.3 Å². The molecule has 3 fully saturated rings. The average molecular weight is 588 g/mol. The van der Waals surface area contributed by atoms with Crippen LogP contribution in [-0.2, 0) is 0 Å². The van der Waals surface area contributed by atoms with Gasteiger partial charge in [-0.05, 0) is 57.4 Å². The van der Waals surface area contributed by atoms with Crippen molar-refractivity contribution in [3.8, 4) is 10.4 Å². The van der Waals surface area contributed by atoms with Crippen molar-refractivity contribution in [2.45, 2.75) is 101 Å². The van der Waals surface area contributed by atoms with E-state index in [1.54, 1.807) is 4.90 Å². The van der Waals surface area contributed by atoms with E-state index < -0.39 is 48.2 Å². The van der Waals surface area contributed by atoms with Crippen LogP contribution in [0.1, 0.15) is 90.6 Å². The van der Waals surface area contributed by atoms with Crippen molar-refractivity contribution in [3.05, 3.63) is 28.5 Å². The highest BCUT2D eigenvalue weighted by atomic mass is 32.1. The number of halogens is 5. The standard InChI is InChI=1S/C26H30F5N5O3S/c1-2-18(26(29,30)31)34-19-10-14(22(27)28)15(11-32-19)21-20(25(39)36-12-6-7-13(36)9-8-12)35-24(40-21)23(38)33-16-4-3-5-17(16)37/h10-13,16-18,22,37H,2-9H2,1H3,(H,32,34)(H,33,38)/t12?,13?,16-,17-,18-/m0/s1. The van der Waals surface area contributed by atoms with Gasteiger partial charge in [-0.2, -0.15) is 13.2 Å². The second-order valence-corrected chi connectivity index (χ2v) is 11.6. The Morgan fingerprint density at radius 1 is 1.15 bits per heavy atom. The third-order valence-corrected chi connectivity index (χ3v) is 9.14. The van der Waals surface area contributed by atoms with E-state index in [2.05, 4.69) is 20.6 Å². The monoisotopic (exact) mass is 587 g/mol. The minimum Gasteiger partial charge on any atom is -0.391 e. The SMILES string of the molecule is CC[C@H](Nc1cc(C(F)F)c(-c2sc(C(=O)N[C@H]3CCC[C@@H]3O)nc2C(=O)N2C3CCC2CC3)cn1)C(F)(F)F. The van der Waals surface area contributed by atoms with Gasteiger partial charge in [0.15, 0.2) is 5.01 Å². The van der Waals surface area contributed by atoms with Crippen molar-refractivity contribution >= 4 is 29.0 Å². The molecular weight excluding hydrogens is 557 g/mol. The van der Waals surface area contributed by atoms with Gasteiger partial charge in [0.2, 0.25) is 0 Å². The van der Waals surface area contributed by atoms with Crippen LogP contribution in [0.4, 0.5) is 27.8 Å². The fraction of sp³-hybridized carbons (Fsp3) is 0.615. The van der Waals surface area contributed by atoms with Crippen LogP contribution in [0.3, 0.4) is 0 Å². The van der Waals surface area contributed by atoms with Crippen LogP contribution >= 0.6 is 11.3 Å². The molecule has 2 aliphatic heterocycles. The van der Waals surface area contributed by atoms with Gasteiger partial charge in [-0.3, -0.25) is 9.59 Å². The topological polar surface area (TPSA) is 107 Å². The molecule has 2 bridgehead atoms. The summed E-state index contributed by atoms with van der Waals surface area (Å²) in [6.45, 7) is 1.31. The Labute approximate surface area is 231 Å². The molecule has 2 aromatic rings. The maximum Gasteiger partial charge on any atom is 0.408 e. The van der Waals surface area contributed by atoms with Gasteiger partial charge in [0.25, 0.3) is 18.2 Å². The number of aliphatic hydroxyl groups is 1. The predicted octanol–water partition coefficient (Wildman–Crippen LogP) is 5.31. The van der Waals surface area contributed by atoms with Gasteiger partial charge < -0.3 is 20.6 Å². The second kappa shape index (κ2) is 11.2. The van der Waals surface area contributed by atoms with Crippen LogP contribution in [0, 0.1) is 0 Å². The number of amides is 2. The molecule has 14 heteroatoms. The van der Waals surface area contributed by atoms with Crippen molar-refractivity contribution < 1.29 is 36.6 Å². The summed E-state index contributed by atoms with van der Waals surface area (Å²) >= 11 is 0.749. The molecule has 218 valence electrons. The Balaban J connectivity index is 1.53. The van der Waals surface area contributed by atoms with Crippen LogP contribution in [-0.4, -0.2) is 68.2 Å². The number of nitrogens with one attached hydrogen (secondary N) is 2. The van der Waals surface area contributed by atoms with Crippen molar-refractivity contribution in [1.29, 1.82) is 0 Å². The molecule has 4 heterocycles. The third kappa shape index (κ3) is 5.52. The number of nitrogens with zero attached hydrogens (tertiary/aromatic N) is 3. The second-order valence-electron chi connectivity index (χ2n) is 10.6. The highest BCUT2D eigenvalue weighted by Crippen LogP contribution is 2.42. The van der Waals surface area contributed by atoms with Crippen molar-refractivity contribution in [1.82, 2.24) is 20.2 Å². The van der Waals surface area contributed by atoms with Crippen LogP contribution < -0.4 is 10.6 Å². The molecule has 3 atom stereocenters. The maximum absolute atomic E-state index is 14.3. The molecule has 2 aromatic heterocycles. The number of fused-ring (bicyclic) bond motifs is 2. The Morgan fingerprint density at radius 3 is 2.38 bits per heavy atom. The molecule has 1 aliphatic carbocycles. The number of hydrogen-bond acceptors (Lipinski definition) is 7. The van der Waals surface area contributed by atoms with Gasteiger partial charge in [-0.15, -0.1) is 11.3 Å². The first kappa shape index (κ1) is 28.7. The van der Waals surface area contributed by atoms with Crippen LogP contribution in [0.25, 0.3) is 10.4 Å². The molecule has 40 heavy (non-hydrogen) atoms. The summed E-state index contributed by atoms with van der Waals surface area (Å²) in [6.07, 6.45) is -2.65. The van der Waals surface area contributed by atoms with E-state index in [1.165, 1.54) is 6.92 Å². The fourth-order valence-corrected chi connectivity index (χ4v) is 6.96. The third-order valence-electron chi connectivity index (χ3n) is 8.05. The highest BCUT2D eigenvalue weighted by molar-refractivity contribution is 7.17. The van der Waals surface area contributed by atoms with Crippen molar-refractivity contribution in [2.24, 2.45) is 0 Å². The van der Waals surface area contributed by atoms with Crippen molar-refractivity contribution in [2.75, 3.05) is 5.32 Å². The van der Waals surface area contributed by atoms with Crippen molar-refractivity contribution in [3.63, 3.8) is 0 Å². The Morgan fingerprint density at radius 2 is 1.82 bits per heavy atom. The molecule has 5 rings (SSSR count). The molecule has 0 spiro atoms. The first-order valence-corrected chi connectivity index (χ1v) is 14.2. The number of thiazole rings is 1. The average Bonchev–Trinajstić information content (AvgIpc) is 3.70. The number of aliphatic hydroxyl groups excluding tert-OH is 1. The first-order chi connectivity index (χ1) is 19.0. The Bertz CT molecular complexity index is 1250. The largest absolute Gasteiger partial charge is 0.408 e. The van der Waals surface area contributed by atoms with Gasteiger partial charge in [0.05, 0.1) is 17.0 Å². The van der Waals surface area contributed by atoms with E-state index in [9.17, 15) is 36.6 Å². The van der Waals surface area contributed by atoms with E-state index in [4.69, 9.17) is 0 Å². The summed E-state index contributed by atoms with van der Waals surface area (Å²) in [5, 5.41) is 14.9. The number of aromatic nitrogens is 2. The number of alkyl halides is 5. The number of pyridine rings is 1. The lowest BCUT2D eigenvalue weighted by Crippen LogP contribution is -2.40. The number of anilines is 1. The fourth-order valence-electron chi connectivity index (χ4n) is 5.96. The Hall–Kier alpha value is -2.87. The molecule has 0 aromatic carbocycles. The molecule has 2 saturated heterocycles. The van der Waals surface area contributed by atoms with Gasteiger partial charge >= 0.3 is 6.18 Å². The first-order valence-electron chi connectivity index (χ1n) is 13.4.